The number of benzene rings is 1. The predicted molar refractivity (Wildman–Crippen MR) is 111 cm³/mol. The van der Waals surface area contributed by atoms with Gasteiger partial charge in [-0.05, 0) is 36.6 Å². The van der Waals surface area contributed by atoms with Gasteiger partial charge in [0.25, 0.3) is 0 Å². The number of anilines is 2. The average Bonchev–Trinajstić information content (AvgIpc) is 3.11. The number of nitrogens with two attached hydrogens (primary N) is 1. The van der Waals surface area contributed by atoms with Crippen LogP contribution in [0.4, 0.5) is 20.6 Å². The summed E-state index contributed by atoms with van der Waals surface area (Å²) in [5.74, 6) is 0.135. The highest BCUT2D eigenvalue weighted by Gasteiger charge is 2.33. The maximum atomic E-state index is 14.6. The highest BCUT2D eigenvalue weighted by molar-refractivity contribution is 7.98. The first-order valence-corrected chi connectivity index (χ1v) is 11.0. The number of cyclic esters (lactones) is 1. The van der Waals surface area contributed by atoms with Gasteiger partial charge in [-0.25, -0.2) is 9.18 Å². The molecule has 0 aromatic heterocycles. The van der Waals surface area contributed by atoms with E-state index in [0.29, 0.717) is 44.1 Å². The molecular weight excluding hydrogens is 399 g/mol. The van der Waals surface area contributed by atoms with Crippen molar-refractivity contribution < 1.29 is 23.5 Å². The highest BCUT2D eigenvalue weighted by Crippen LogP contribution is 2.28. The number of hydrogen-bond acceptors (Lipinski definition) is 7. The Labute approximate surface area is 173 Å². The number of hydrogen-bond donors (Lipinski definition) is 2. The van der Waals surface area contributed by atoms with Crippen molar-refractivity contribution in [1.29, 1.82) is 0 Å². The Morgan fingerprint density at radius 1 is 1.41 bits per heavy atom. The van der Waals surface area contributed by atoms with Gasteiger partial charge in [0.2, 0.25) is 5.91 Å². The van der Waals surface area contributed by atoms with Crippen LogP contribution in [-0.2, 0) is 14.3 Å². The fraction of sp³-hybridized carbons (Fsp3) is 0.579. The van der Waals surface area contributed by atoms with Crippen LogP contribution < -0.4 is 20.9 Å². The summed E-state index contributed by atoms with van der Waals surface area (Å²) in [4.78, 5) is 27.5. The third kappa shape index (κ3) is 5.52. The Kier molecular flexibility index (Phi) is 7.57. The lowest BCUT2D eigenvalue weighted by atomic mass is 10.2. The van der Waals surface area contributed by atoms with Gasteiger partial charge in [-0.3, -0.25) is 9.69 Å². The van der Waals surface area contributed by atoms with Crippen LogP contribution in [0.25, 0.3) is 0 Å². The van der Waals surface area contributed by atoms with Crippen molar-refractivity contribution in [2.24, 2.45) is 5.73 Å². The molecule has 1 aromatic carbocycles. The van der Waals surface area contributed by atoms with Gasteiger partial charge in [0.15, 0.2) is 0 Å². The van der Waals surface area contributed by atoms with Gasteiger partial charge in [-0.15, -0.1) is 0 Å². The summed E-state index contributed by atoms with van der Waals surface area (Å²) in [5.41, 5.74) is 6.75. The van der Waals surface area contributed by atoms with Crippen molar-refractivity contribution in [3.63, 3.8) is 0 Å². The monoisotopic (exact) mass is 426 g/mol. The summed E-state index contributed by atoms with van der Waals surface area (Å²) in [6.07, 6.45) is 1.46. The minimum Gasteiger partial charge on any atom is -0.442 e. The minimum atomic E-state index is -0.586. The molecule has 2 saturated heterocycles. The molecule has 10 heteroatoms. The zero-order valence-electron chi connectivity index (χ0n) is 16.4. The molecule has 160 valence electrons. The van der Waals surface area contributed by atoms with Gasteiger partial charge in [0.1, 0.15) is 11.9 Å². The number of ether oxygens (including phenoxy) is 2. The molecule has 2 amide bonds. The second-order valence-electron chi connectivity index (χ2n) is 6.98. The summed E-state index contributed by atoms with van der Waals surface area (Å²) in [5, 5.41) is 2.72. The lowest BCUT2D eigenvalue weighted by Gasteiger charge is -2.29. The molecule has 29 heavy (non-hydrogen) atoms. The third-order valence-corrected chi connectivity index (χ3v) is 5.59. The quantitative estimate of drug-likeness (QED) is 0.644. The topological polar surface area (TPSA) is 97.1 Å². The van der Waals surface area contributed by atoms with Gasteiger partial charge < -0.3 is 25.4 Å². The number of morpholine rings is 1. The highest BCUT2D eigenvalue weighted by atomic mass is 32.2. The van der Waals surface area contributed by atoms with E-state index >= 15 is 0 Å². The van der Waals surface area contributed by atoms with E-state index in [-0.39, 0.29) is 19.0 Å². The molecule has 2 aliphatic heterocycles. The maximum absolute atomic E-state index is 14.6. The summed E-state index contributed by atoms with van der Waals surface area (Å²) in [7, 11) is 0. The molecule has 0 radical (unpaired) electrons. The Morgan fingerprint density at radius 3 is 2.86 bits per heavy atom. The first kappa shape index (κ1) is 21.7. The molecule has 3 rings (SSSR count). The predicted octanol–water partition coefficient (Wildman–Crippen LogP) is 1.18. The molecule has 2 aliphatic rings. The summed E-state index contributed by atoms with van der Waals surface area (Å²) >= 11 is 1.62. The number of carbonyl (C=O) groups excluding carboxylic acids is 2. The minimum absolute atomic E-state index is 0.169. The molecule has 3 N–H and O–H groups in total. The fourth-order valence-corrected chi connectivity index (χ4v) is 3.77. The molecule has 0 aliphatic carbocycles. The number of halogens is 1. The number of nitrogens with one attached hydrogen (secondary N) is 1. The van der Waals surface area contributed by atoms with E-state index in [4.69, 9.17) is 15.2 Å². The molecule has 2 atom stereocenters. The van der Waals surface area contributed by atoms with E-state index in [2.05, 4.69) is 5.32 Å². The van der Waals surface area contributed by atoms with E-state index in [1.165, 1.54) is 11.0 Å². The van der Waals surface area contributed by atoms with Crippen LogP contribution in [0, 0.1) is 5.82 Å². The molecule has 0 spiro atoms. The van der Waals surface area contributed by atoms with Crippen LogP contribution in [0.2, 0.25) is 0 Å². The average molecular weight is 427 g/mol. The Bertz CT molecular complexity index is 732. The fourth-order valence-electron chi connectivity index (χ4n) is 3.28. The lowest BCUT2D eigenvalue weighted by Crippen LogP contribution is -2.44. The zero-order chi connectivity index (χ0) is 20.8. The maximum Gasteiger partial charge on any atom is 0.414 e. The normalized spacial score (nSPS) is 20.5. The van der Waals surface area contributed by atoms with Crippen LogP contribution in [0.3, 0.4) is 0 Å². The summed E-state index contributed by atoms with van der Waals surface area (Å²) in [6, 6.07) is 4.13. The first-order chi connectivity index (χ1) is 14.0. The number of carbonyl (C=O) groups is 2. The molecule has 0 saturated carbocycles. The van der Waals surface area contributed by atoms with E-state index in [1.807, 2.05) is 11.2 Å². The standard InChI is InChI=1S/C19H27FN4O4S/c1-29-9-4-16(21)18(25)22-11-14-12-24(19(26)28-14)13-2-3-17(15(20)10-13)23-5-7-27-8-6-23/h2-3,10,14,16H,4-9,11-12,21H2,1H3,(H,22,25)/t14?,16-/m0/s1. The van der Waals surface area contributed by atoms with Gasteiger partial charge in [0, 0.05) is 13.1 Å². The van der Waals surface area contributed by atoms with E-state index in [9.17, 15) is 14.0 Å². The van der Waals surface area contributed by atoms with Crippen LogP contribution in [0.1, 0.15) is 6.42 Å². The number of rotatable bonds is 8. The number of nitrogens with zero attached hydrogens (tertiary/aromatic N) is 2. The smallest absolute Gasteiger partial charge is 0.414 e. The van der Waals surface area contributed by atoms with E-state index in [1.54, 1.807) is 23.9 Å². The summed E-state index contributed by atoms with van der Waals surface area (Å²) in [6.45, 7) is 2.78. The number of thioether (sulfide) groups is 1. The zero-order valence-corrected chi connectivity index (χ0v) is 17.3. The van der Waals surface area contributed by atoms with Crippen molar-refractivity contribution >= 4 is 35.1 Å². The van der Waals surface area contributed by atoms with Crippen molar-refractivity contribution in [2.75, 3.05) is 61.2 Å². The molecule has 0 bridgehead atoms. The van der Waals surface area contributed by atoms with Crippen molar-refractivity contribution in [2.45, 2.75) is 18.6 Å². The van der Waals surface area contributed by atoms with Gasteiger partial charge in [-0.1, -0.05) is 0 Å². The first-order valence-electron chi connectivity index (χ1n) is 9.62. The third-order valence-electron chi connectivity index (χ3n) is 4.94. The van der Waals surface area contributed by atoms with Crippen LogP contribution in [-0.4, -0.2) is 75.5 Å². The molecule has 2 heterocycles. The Morgan fingerprint density at radius 2 is 2.17 bits per heavy atom. The molecule has 2 fully saturated rings. The van der Waals surface area contributed by atoms with Crippen molar-refractivity contribution in [1.82, 2.24) is 5.32 Å². The van der Waals surface area contributed by atoms with Gasteiger partial charge in [0.05, 0.1) is 43.7 Å². The number of amides is 2. The van der Waals surface area contributed by atoms with Crippen LogP contribution >= 0.6 is 11.8 Å². The van der Waals surface area contributed by atoms with E-state index in [0.717, 1.165) is 5.75 Å². The molecule has 8 nitrogen and oxygen atoms in total. The van der Waals surface area contributed by atoms with E-state index < -0.39 is 24.1 Å². The second-order valence-corrected chi connectivity index (χ2v) is 7.97. The lowest BCUT2D eigenvalue weighted by molar-refractivity contribution is -0.122. The van der Waals surface area contributed by atoms with Crippen molar-refractivity contribution in [3.8, 4) is 0 Å². The van der Waals surface area contributed by atoms with Crippen LogP contribution in [0.5, 0.6) is 0 Å². The van der Waals surface area contributed by atoms with Crippen molar-refractivity contribution in [3.05, 3.63) is 24.0 Å². The van der Waals surface area contributed by atoms with Gasteiger partial charge in [-0.2, -0.15) is 11.8 Å². The molecule has 1 unspecified atom stereocenters. The Balaban J connectivity index is 1.56. The van der Waals surface area contributed by atoms with Crippen LogP contribution in [0.15, 0.2) is 18.2 Å². The van der Waals surface area contributed by atoms with Gasteiger partial charge >= 0.3 is 6.09 Å². The SMILES string of the molecule is CSCC[C@H](N)C(=O)NCC1CN(c2ccc(N3CCOCC3)c(F)c2)C(=O)O1. The summed E-state index contributed by atoms with van der Waals surface area (Å²) < 4.78 is 25.2. The Hall–Kier alpha value is -2.04. The largest absolute Gasteiger partial charge is 0.442 e. The molecular formula is C19H27FN4O4S. The molecule has 1 aromatic rings. The second kappa shape index (κ2) is 10.1.